The number of aromatic nitrogens is 1. The summed E-state index contributed by atoms with van der Waals surface area (Å²) in [7, 11) is 1.39. The van der Waals surface area contributed by atoms with Crippen LogP contribution in [-0.2, 0) is 0 Å². The molecule has 0 unspecified atom stereocenters. The molecule has 1 aromatic carbocycles. The predicted octanol–water partition coefficient (Wildman–Crippen LogP) is 2.12. The summed E-state index contributed by atoms with van der Waals surface area (Å²) in [5, 5.41) is 2.60. The predicted molar refractivity (Wildman–Crippen MR) is 81.0 cm³/mol. The Labute approximate surface area is 125 Å². The number of nitrogens with two attached hydrogens (primary N) is 1. The van der Waals surface area contributed by atoms with Gasteiger partial charge in [0.05, 0.1) is 12.8 Å². The molecule has 3 N–H and O–H groups in total. The fourth-order valence-electron chi connectivity index (χ4n) is 1.63. The SMILES string of the molecule is COc1cc(F)ccc1NC(=O)c1ccc(C(N)=S)cn1. The molecule has 0 radical (unpaired) electrons. The number of carbonyl (C=O) groups is 1. The Morgan fingerprint density at radius 1 is 1.38 bits per heavy atom. The second kappa shape index (κ2) is 6.27. The van der Waals surface area contributed by atoms with Crippen molar-refractivity contribution in [1.29, 1.82) is 0 Å². The summed E-state index contributed by atoms with van der Waals surface area (Å²) in [6, 6.07) is 6.92. The molecule has 0 aliphatic heterocycles. The zero-order valence-corrected chi connectivity index (χ0v) is 11.9. The molecule has 0 atom stereocenters. The lowest BCUT2D eigenvalue weighted by Gasteiger charge is -2.10. The number of carbonyl (C=O) groups excluding carboxylic acids is 1. The quantitative estimate of drug-likeness (QED) is 0.846. The van der Waals surface area contributed by atoms with Crippen LogP contribution in [0, 0.1) is 5.82 Å². The number of benzene rings is 1. The van der Waals surface area contributed by atoms with Gasteiger partial charge >= 0.3 is 0 Å². The monoisotopic (exact) mass is 305 g/mol. The lowest BCUT2D eigenvalue weighted by atomic mass is 10.2. The summed E-state index contributed by atoms with van der Waals surface area (Å²) in [6.07, 6.45) is 1.42. The van der Waals surface area contributed by atoms with E-state index < -0.39 is 11.7 Å². The van der Waals surface area contributed by atoms with Crippen LogP contribution in [0.2, 0.25) is 0 Å². The first-order valence-electron chi connectivity index (χ1n) is 5.92. The summed E-state index contributed by atoms with van der Waals surface area (Å²) < 4.78 is 18.1. The Bertz CT molecular complexity index is 689. The van der Waals surface area contributed by atoms with Gasteiger partial charge < -0.3 is 15.8 Å². The van der Waals surface area contributed by atoms with Gasteiger partial charge in [-0.15, -0.1) is 0 Å². The second-order valence-corrected chi connectivity index (χ2v) is 4.53. The number of halogens is 1. The molecule has 21 heavy (non-hydrogen) atoms. The maximum atomic E-state index is 13.1. The first-order valence-corrected chi connectivity index (χ1v) is 6.33. The van der Waals surface area contributed by atoms with Crippen LogP contribution in [0.25, 0.3) is 0 Å². The molecule has 0 saturated carbocycles. The van der Waals surface area contributed by atoms with E-state index in [1.165, 1.54) is 37.6 Å². The van der Waals surface area contributed by atoms with Gasteiger partial charge in [0, 0.05) is 17.8 Å². The molecule has 7 heteroatoms. The van der Waals surface area contributed by atoms with Crippen LogP contribution in [0.1, 0.15) is 16.1 Å². The molecule has 0 spiro atoms. The third kappa shape index (κ3) is 3.51. The van der Waals surface area contributed by atoms with Crippen molar-refractivity contribution in [3.63, 3.8) is 0 Å². The average molecular weight is 305 g/mol. The third-order valence-electron chi connectivity index (χ3n) is 2.69. The highest BCUT2D eigenvalue weighted by atomic mass is 32.1. The van der Waals surface area contributed by atoms with E-state index in [4.69, 9.17) is 22.7 Å². The molecule has 1 aromatic heterocycles. The van der Waals surface area contributed by atoms with Crippen molar-refractivity contribution in [2.45, 2.75) is 0 Å². The highest BCUT2D eigenvalue weighted by molar-refractivity contribution is 7.80. The lowest BCUT2D eigenvalue weighted by molar-refractivity contribution is 0.102. The van der Waals surface area contributed by atoms with E-state index in [1.54, 1.807) is 6.07 Å². The average Bonchev–Trinajstić information content (AvgIpc) is 2.49. The van der Waals surface area contributed by atoms with Gasteiger partial charge in [-0.1, -0.05) is 12.2 Å². The van der Waals surface area contributed by atoms with Crippen LogP contribution >= 0.6 is 12.2 Å². The summed E-state index contributed by atoms with van der Waals surface area (Å²) >= 11 is 4.81. The van der Waals surface area contributed by atoms with Crippen LogP contribution < -0.4 is 15.8 Å². The highest BCUT2D eigenvalue weighted by Crippen LogP contribution is 2.25. The number of pyridine rings is 1. The number of amides is 1. The molecule has 0 bridgehead atoms. The fraction of sp³-hybridized carbons (Fsp3) is 0.0714. The Morgan fingerprint density at radius 2 is 2.14 bits per heavy atom. The van der Waals surface area contributed by atoms with Crippen LogP contribution in [0.5, 0.6) is 5.75 Å². The van der Waals surface area contributed by atoms with E-state index in [-0.39, 0.29) is 16.4 Å². The molecular weight excluding hydrogens is 293 g/mol. The van der Waals surface area contributed by atoms with Crippen LogP contribution in [-0.4, -0.2) is 23.0 Å². The van der Waals surface area contributed by atoms with Crippen LogP contribution in [0.4, 0.5) is 10.1 Å². The second-order valence-electron chi connectivity index (χ2n) is 4.10. The molecule has 1 amide bonds. The minimum Gasteiger partial charge on any atom is -0.494 e. The van der Waals surface area contributed by atoms with Crippen molar-refractivity contribution >= 4 is 28.8 Å². The Balaban J connectivity index is 2.19. The number of hydrogen-bond donors (Lipinski definition) is 2. The van der Waals surface area contributed by atoms with Gasteiger partial charge in [-0.25, -0.2) is 4.39 Å². The van der Waals surface area contributed by atoms with Gasteiger partial charge in [-0.2, -0.15) is 0 Å². The Kier molecular flexibility index (Phi) is 4.44. The van der Waals surface area contributed by atoms with Crippen molar-refractivity contribution in [2.75, 3.05) is 12.4 Å². The van der Waals surface area contributed by atoms with Crippen molar-refractivity contribution in [1.82, 2.24) is 4.98 Å². The van der Waals surface area contributed by atoms with E-state index in [0.29, 0.717) is 11.3 Å². The zero-order chi connectivity index (χ0) is 15.4. The highest BCUT2D eigenvalue weighted by Gasteiger charge is 2.12. The van der Waals surface area contributed by atoms with Gasteiger partial charge in [0.25, 0.3) is 5.91 Å². The van der Waals surface area contributed by atoms with Gasteiger partial charge in [-0.3, -0.25) is 9.78 Å². The van der Waals surface area contributed by atoms with Crippen molar-refractivity contribution in [3.8, 4) is 5.75 Å². The maximum absolute atomic E-state index is 13.1. The van der Waals surface area contributed by atoms with Crippen molar-refractivity contribution in [3.05, 3.63) is 53.6 Å². The van der Waals surface area contributed by atoms with E-state index in [0.717, 1.165) is 0 Å². The largest absolute Gasteiger partial charge is 0.494 e. The zero-order valence-electron chi connectivity index (χ0n) is 11.1. The molecule has 2 aromatic rings. The minimum absolute atomic E-state index is 0.182. The standard InChI is InChI=1S/C14H12FN3O2S/c1-20-12-6-9(15)3-5-10(12)18-14(19)11-4-2-8(7-17-11)13(16)21/h2-7H,1H3,(H2,16,21)(H,18,19). The summed E-state index contributed by atoms with van der Waals surface area (Å²) in [5.41, 5.74) is 6.56. The van der Waals surface area contributed by atoms with Gasteiger partial charge in [0.1, 0.15) is 22.2 Å². The first kappa shape index (κ1) is 14.9. The lowest BCUT2D eigenvalue weighted by Crippen LogP contribution is -2.16. The number of methoxy groups -OCH3 is 1. The summed E-state index contributed by atoms with van der Waals surface area (Å²) in [5.74, 6) is -0.679. The van der Waals surface area contributed by atoms with Crippen LogP contribution in [0.15, 0.2) is 36.5 Å². The maximum Gasteiger partial charge on any atom is 0.274 e. The van der Waals surface area contributed by atoms with E-state index >= 15 is 0 Å². The normalized spacial score (nSPS) is 10.0. The third-order valence-corrected chi connectivity index (χ3v) is 2.93. The van der Waals surface area contributed by atoms with Gasteiger partial charge in [0.2, 0.25) is 0 Å². The molecule has 0 aliphatic carbocycles. The molecule has 0 fully saturated rings. The number of anilines is 1. The number of thiocarbonyl (C=S) groups is 1. The summed E-state index contributed by atoms with van der Waals surface area (Å²) in [4.78, 5) is 16.2. The smallest absolute Gasteiger partial charge is 0.274 e. The minimum atomic E-state index is -0.455. The first-order chi connectivity index (χ1) is 10.0. The summed E-state index contributed by atoms with van der Waals surface area (Å²) in [6.45, 7) is 0. The molecule has 108 valence electrons. The fourth-order valence-corrected chi connectivity index (χ4v) is 1.75. The molecule has 2 rings (SSSR count). The van der Waals surface area contributed by atoms with Gasteiger partial charge in [0.15, 0.2) is 0 Å². The molecule has 1 heterocycles. The number of hydrogen-bond acceptors (Lipinski definition) is 4. The van der Waals surface area contributed by atoms with Crippen molar-refractivity contribution < 1.29 is 13.9 Å². The number of ether oxygens (including phenoxy) is 1. The van der Waals surface area contributed by atoms with E-state index in [9.17, 15) is 9.18 Å². The molecule has 5 nitrogen and oxygen atoms in total. The number of nitrogens with one attached hydrogen (secondary N) is 1. The molecular formula is C14H12FN3O2S. The molecule has 0 aliphatic rings. The number of nitrogens with zero attached hydrogens (tertiary/aromatic N) is 1. The Morgan fingerprint density at radius 3 is 2.71 bits per heavy atom. The molecule has 0 saturated heterocycles. The van der Waals surface area contributed by atoms with E-state index in [2.05, 4.69) is 10.3 Å². The number of rotatable bonds is 4. The topological polar surface area (TPSA) is 77.2 Å². The van der Waals surface area contributed by atoms with Gasteiger partial charge in [-0.05, 0) is 24.3 Å². The van der Waals surface area contributed by atoms with Crippen molar-refractivity contribution in [2.24, 2.45) is 5.73 Å². The van der Waals surface area contributed by atoms with Crippen LogP contribution in [0.3, 0.4) is 0 Å². The Hall–Kier alpha value is -2.54. The van der Waals surface area contributed by atoms with E-state index in [1.807, 2.05) is 0 Å².